The third-order valence-corrected chi connectivity index (χ3v) is 6.62. The molecule has 1 heterocycles. The topological polar surface area (TPSA) is 69.6 Å². The van der Waals surface area contributed by atoms with Gasteiger partial charge in [-0.05, 0) is 68.1 Å². The summed E-state index contributed by atoms with van der Waals surface area (Å²) in [4.78, 5) is 28.6. The highest BCUT2D eigenvalue weighted by atomic mass is 35.5. The molecule has 2 N–H and O–H groups in total. The molecule has 1 aliphatic heterocycles. The van der Waals surface area contributed by atoms with E-state index in [0.29, 0.717) is 26.7 Å². The van der Waals surface area contributed by atoms with E-state index in [2.05, 4.69) is 5.32 Å². The Morgan fingerprint density at radius 3 is 2.44 bits per heavy atom. The van der Waals surface area contributed by atoms with Gasteiger partial charge >= 0.3 is 0 Å². The summed E-state index contributed by atoms with van der Waals surface area (Å²) < 4.78 is 0. The molecule has 3 aromatic rings. The van der Waals surface area contributed by atoms with Gasteiger partial charge in [0.1, 0.15) is 11.8 Å². The molecule has 176 valence electrons. The Morgan fingerprint density at radius 1 is 1.06 bits per heavy atom. The van der Waals surface area contributed by atoms with E-state index in [0.717, 1.165) is 16.7 Å². The molecular formula is C27H26Cl2N2O3. The molecule has 3 aromatic carbocycles. The summed E-state index contributed by atoms with van der Waals surface area (Å²) in [6.45, 7) is 7.59. The Morgan fingerprint density at radius 2 is 1.76 bits per heavy atom. The van der Waals surface area contributed by atoms with Crippen LogP contribution >= 0.6 is 23.2 Å². The van der Waals surface area contributed by atoms with Gasteiger partial charge in [-0.1, -0.05) is 59.6 Å². The molecule has 5 nitrogen and oxygen atoms in total. The highest BCUT2D eigenvalue weighted by Crippen LogP contribution is 2.41. The average molecular weight is 497 g/mol. The van der Waals surface area contributed by atoms with Gasteiger partial charge in [0.2, 0.25) is 5.91 Å². The number of fused-ring (bicyclic) bond motifs is 1. The Balaban J connectivity index is 1.79. The third-order valence-electron chi connectivity index (χ3n) is 5.88. The summed E-state index contributed by atoms with van der Waals surface area (Å²) in [6, 6.07) is 15.5. The molecule has 2 amide bonds. The normalized spacial score (nSPS) is 15.4. The molecule has 1 aliphatic rings. The van der Waals surface area contributed by atoms with Crippen LogP contribution in [0.5, 0.6) is 5.75 Å². The summed E-state index contributed by atoms with van der Waals surface area (Å²) in [6.07, 6.45) is 0. The van der Waals surface area contributed by atoms with Crippen molar-refractivity contribution in [2.45, 2.75) is 45.8 Å². The maximum Gasteiger partial charge on any atom is 0.255 e. The number of hydrogen-bond acceptors (Lipinski definition) is 3. The van der Waals surface area contributed by atoms with Crippen LogP contribution in [0.1, 0.15) is 53.9 Å². The largest absolute Gasteiger partial charge is 0.508 e. The van der Waals surface area contributed by atoms with E-state index in [1.54, 1.807) is 30.0 Å². The van der Waals surface area contributed by atoms with Gasteiger partial charge in [-0.25, -0.2) is 0 Å². The molecule has 1 atom stereocenters. The van der Waals surface area contributed by atoms with E-state index in [9.17, 15) is 14.7 Å². The van der Waals surface area contributed by atoms with Crippen LogP contribution in [0.2, 0.25) is 10.0 Å². The fourth-order valence-corrected chi connectivity index (χ4v) is 4.63. The molecule has 7 heteroatoms. The number of carbonyl (C=O) groups excluding carboxylic acids is 2. The van der Waals surface area contributed by atoms with Crippen LogP contribution in [-0.4, -0.2) is 27.4 Å². The number of amides is 2. The second-order valence-electron chi connectivity index (χ2n) is 9.53. The van der Waals surface area contributed by atoms with E-state index in [-0.39, 0.29) is 24.1 Å². The molecular weight excluding hydrogens is 471 g/mol. The first kappa shape index (κ1) is 24.1. The van der Waals surface area contributed by atoms with Gasteiger partial charge in [-0.2, -0.15) is 0 Å². The Labute approximate surface area is 209 Å². The van der Waals surface area contributed by atoms with Crippen LogP contribution < -0.4 is 5.32 Å². The fraction of sp³-hybridized carbons (Fsp3) is 0.259. The number of phenolic OH excluding ortho intramolecular Hbond substituents is 1. The van der Waals surface area contributed by atoms with Gasteiger partial charge in [0.05, 0.1) is 15.6 Å². The molecule has 0 aromatic heterocycles. The number of hydrogen-bond donors (Lipinski definition) is 2. The monoisotopic (exact) mass is 496 g/mol. The second-order valence-corrected chi connectivity index (χ2v) is 10.3. The quantitative estimate of drug-likeness (QED) is 0.446. The SMILES string of the molecule is Cc1c(O)ccc2c1C(=O)N(Cc1ccccc1-c1ccc(Cl)c(Cl)c1)C2C(=O)NC(C)(C)C. The standard InChI is InChI=1S/C27H26Cl2N2O3/c1-15-22(32)12-10-19-23(15)26(34)31(24(19)25(33)30-27(2,3)4)14-17-7-5-6-8-18(17)16-9-11-20(28)21(29)13-16/h5-13,24,32H,14H2,1-4H3,(H,30,33). The minimum Gasteiger partial charge on any atom is -0.508 e. The predicted octanol–water partition coefficient (Wildman–Crippen LogP) is 6.29. The van der Waals surface area contributed by atoms with Gasteiger partial charge in [-0.3, -0.25) is 9.59 Å². The molecule has 0 fully saturated rings. The molecule has 4 rings (SSSR count). The molecule has 0 radical (unpaired) electrons. The lowest BCUT2D eigenvalue weighted by atomic mass is 9.97. The summed E-state index contributed by atoms with van der Waals surface area (Å²) in [7, 11) is 0. The smallest absolute Gasteiger partial charge is 0.255 e. The first-order valence-corrected chi connectivity index (χ1v) is 11.7. The fourth-order valence-electron chi connectivity index (χ4n) is 4.33. The maximum atomic E-state index is 13.6. The van der Waals surface area contributed by atoms with Crippen molar-refractivity contribution in [3.8, 4) is 16.9 Å². The summed E-state index contributed by atoms with van der Waals surface area (Å²) in [5.41, 5.74) is 3.57. The molecule has 34 heavy (non-hydrogen) atoms. The first-order valence-electron chi connectivity index (χ1n) is 11.0. The zero-order valence-electron chi connectivity index (χ0n) is 19.4. The van der Waals surface area contributed by atoms with Gasteiger partial charge in [0.15, 0.2) is 0 Å². The Kier molecular flexibility index (Phi) is 6.36. The lowest BCUT2D eigenvalue weighted by Gasteiger charge is -2.29. The zero-order chi connectivity index (χ0) is 24.8. The number of halogens is 2. The maximum absolute atomic E-state index is 13.6. The highest BCUT2D eigenvalue weighted by Gasteiger charge is 2.43. The Bertz CT molecular complexity index is 1300. The van der Waals surface area contributed by atoms with Crippen LogP contribution in [0.15, 0.2) is 54.6 Å². The molecule has 0 saturated carbocycles. The van der Waals surface area contributed by atoms with Crippen molar-refractivity contribution in [2.75, 3.05) is 0 Å². The predicted molar refractivity (Wildman–Crippen MR) is 135 cm³/mol. The van der Waals surface area contributed by atoms with Gasteiger partial charge in [0, 0.05) is 17.6 Å². The van der Waals surface area contributed by atoms with Crippen molar-refractivity contribution in [2.24, 2.45) is 0 Å². The van der Waals surface area contributed by atoms with E-state index in [1.807, 2.05) is 51.1 Å². The van der Waals surface area contributed by atoms with E-state index < -0.39 is 11.6 Å². The number of phenols is 1. The second kappa shape index (κ2) is 8.97. The number of nitrogens with one attached hydrogen (secondary N) is 1. The molecule has 0 saturated heterocycles. The van der Waals surface area contributed by atoms with Crippen LogP contribution in [0.4, 0.5) is 0 Å². The van der Waals surface area contributed by atoms with Crippen LogP contribution in [0.25, 0.3) is 11.1 Å². The van der Waals surface area contributed by atoms with Crippen molar-refractivity contribution < 1.29 is 14.7 Å². The van der Waals surface area contributed by atoms with E-state index >= 15 is 0 Å². The zero-order valence-corrected chi connectivity index (χ0v) is 21.0. The van der Waals surface area contributed by atoms with Crippen molar-refractivity contribution in [3.05, 3.63) is 86.9 Å². The lowest BCUT2D eigenvalue weighted by Crippen LogP contribution is -2.46. The summed E-state index contributed by atoms with van der Waals surface area (Å²) in [5.74, 6) is -0.529. The van der Waals surface area contributed by atoms with Crippen molar-refractivity contribution >= 4 is 35.0 Å². The van der Waals surface area contributed by atoms with Gasteiger partial charge in [-0.15, -0.1) is 0 Å². The van der Waals surface area contributed by atoms with Crippen molar-refractivity contribution in [3.63, 3.8) is 0 Å². The number of nitrogens with zero attached hydrogens (tertiary/aromatic N) is 1. The van der Waals surface area contributed by atoms with Crippen LogP contribution in [0, 0.1) is 6.92 Å². The third kappa shape index (κ3) is 4.50. The number of aromatic hydroxyl groups is 1. The van der Waals surface area contributed by atoms with Gasteiger partial charge < -0.3 is 15.3 Å². The first-order chi connectivity index (χ1) is 16.0. The molecule has 0 aliphatic carbocycles. The highest BCUT2D eigenvalue weighted by molar-refractivity contribution is 6.42. The molecule has 1 unspecified atom stereocenters. The van der Waals surface area contributed by atoms with Crippen LogP contribution in [0.3, 0.4) is 0 Å². The number of rotatable bonds is 4. The number of benzene rings is 3. The van der Waals surface area contributed by atoms with Crippen molar-refractivity contribution in [1.82, 2.24) is 10.2 Å². The summed E-state index contributed by atoms with van der Waals surface area (Å²) in [5, 5.41) is 14.1. The molecule has 0 bridgehead atoms. The lowest BCUT2D eigenvalue weighted by molar-refractivity contribution is -0.127. The minimum absolute atomic E-state index is 0.0279. The Hall–Kier alpha value is -3.02. The van der Waals surface area contributed by atoms with Crippen LogP contribution in [-0.2, 0) is 11.3 Å². The average Bonchev–Trinajstić information content (AvgIpc) is 3.04. The number of carbonyl (C=O) groups is 2. The van der Waals surface area contributed by atoms with Gasteiger partial charge in [0.25, 0.3) is 5.91 Å². The van der Waals surface area contributed by atoms with Crippen molar-refractivity contribution in [1.29, 1.82) is 0 Å². The molecule has 0 spiro atoms. The minimum atomic E-state index is -0.817. The summed E-state index contributed by atoms with van der Waals surface area (Å²) >= 11 is 12.4. The van der Waals surface area contributed by atoms with E-state index in [4.69, 9.17) is 23.2 Å². The van der Waals surface area contributed by atoms with E-state index in [1.165, 1.54) is 6.07 Å².